The minimum Gasteiger partial charge on any atom is -0.497 e. The van der Waals surface area contributed by atoms with E-state index in [1.807, 2.05) is 60.0 Å². The normalized spacial score (nSPS) is 11.0. The van der Waals surface area contributed by atoms with Gasteiger partial charge in [-0.2, -0.15) is 0 Å². The first-order valence-corrected chi connectivity index (χ1v) is 11.6. The first-order chi connectivity index (χ1) is 15.7. The van der Waals surface area contributed by atoms with Crippen LogP contribution >= 0.6 is 23.1 Å². The molecule has 0 spiro atoms. The maximum absolute atomic E-state index is 12.7. The van der Waals surface area contributed by atoms with Crippen LogP contribution in [0.5, 0.6) is 5.75 Å². The van der Waals surface area contributed by atoms with Crippen LogP contribution in [0.4, 0.5) is 5.13 Å². The summed E-state index contributed by atoms with van der Waals surface area (Å²) < 4.78 is 16.3. The third-order valence-corrected chi connectivity index (χ3v) is 6.56. The molecule has 0 aliphatic heterocycles. The summed E-state index contributed by atoms with van der Waals surface area (Å²) in [4.78, 5) is 18.3. The monoisotopic (exact) mass is 462 g/mol. The molecule has 0 saturated carbocycles. The molecule has 5 rings (SSSR count). The Hall–Kier alpha value is -3.49. The van der Waals surface area contributed by atoms with Gasteiger partial charge >= 0.3 is 0 Å². The molecule has 0 fully saturated rings. The van der Waals surface area contributed by atoms with Gasteiger partial charge < -0.3 is 13.6 Å². The van der Waals surface area contributed by atoms with Gasteiger partial charge in [0.1, 0.15) is 17.1 Å². The number of benzene rings is 2. The molecular weight excluding hydrogens is 444 g/mol. The van der Waals surface area contributed by atoms with E-state index in [2.05, 4.69) is 10.3 Å². The van der Waals surface area contributed by atoms with Crippen molar-refractivity contribution < 1.29 is 18.4 Å². The summed E-state index contributed by atoms with van der Waals surface area (Å²) in [6.07, 6.45) is 1.67. The van der Waals surface area contributed by atoms with Crippen molar-refractivity contribution in [2.24, 2.45) is 0 Å². The van der Waals surface area contributed by atoms with Gasteiger partial charge in [-0.25, -0.2) is 4.98 Å². The van der Waals surface area contributed by atoms with Gasteiger partial charge in [-0.05, 0) is 60.7 Å². The van der Waals surface area contributed by atoms with Crippen LogP contribution in [-0.2, 0) is 5.75 Å². The highest BCUT2D eigenvalue weighted by Crippen LogP contribution is 2.30. The molecule has 0 saturated heterocycles. The van der Waals surface area contributed by atoms with Crippen LogP contribution in [0.1, 0.15) is 16.3 Å². The molecule has 0 radical (unpaired) electrons. The minimum absolute atomic E-state index is 0.245. The van der Waals surface area contributed by atoms with E-state index in [-0.39, 0.29) is 11.7 Å². The average Bonchev–Trinajstić information content (AvgIpc) is 3.58. The molecule has 0 bridgehead atoms. The van der Waals surface area contributed by atoms with Gasteiger partial charge in [0.15, 0.2) is 10.9 Å². The number of rotatable bonds is 7. The maximum Gasteiger partial charge on any atom is 0.293 e. The van der Waals surface area contributed by atoms with Crippen LogP contribution in [0.15, 0.2) is 86.0 Å². The summed E-state index contributed by atoms with van der Waals surface area (Å²) in [6, 6.07) is 19.1. The highest BCUT2D eigenvalue weighted by Gasteiger charge is 2.15. The van der Waals surface area contributed by atoms with E-state index in [4.69, 9.17) is 13.6 Å². The standard InChI is InChI=1S/C24H18N2O4S2/c1-28-17-6-4-15(5-7-17)20-14-32-24(25-20)26-23(27)22-12-16-11-19(8-9-21(16)30-22)31-13-18-3-2-10-29-18/h2-12,14H,13H2,1H3,(H,25,26,27). The number of anilines is 1. The molecule has 0 aliphatic carbocycles. The van der Waals surface area contributed by atoms with E-state index in [1.165, 1.54) is 11.3 Å². The number of methoxy groups -OCH3 is 1. The average molecular weight is 463 g/mol. The summed E-state index contributed by atoms with van der Waals surface area (Å²) in [6.45, 7) is 0. The lowest BCUT2D eigenvalue weighted by Crippen LogP contribution is -2.10. The van der Waals surface area contributed by atoms with Gasteiger partial charge in [0.25, 0.3) is 5.91 Å². The lowest BCUT2D eigenvalue weighted by Gasteiger charge is -2.00. The number of carbonyl (C=O) groups excluding carboxylic acids is 1. The van der Waals surface area contributed by atoms with Crippen LogP contribution in [0.3, 0.4) is 0 Å². The zero-order valence-corrected chi connectivity index (χ0v) is 18.7. The number of aromatic nitrogens is 1. The van der Waals surface area contributed by atoms with Crippen molar-refractivity contribution in [2.75, 3.05) is 12.4 Å². The Morgan fingerprint density at radius 3 is 2.81 bits per heavy atom. The van der Waals surface area contributed by atoms with E-state index >= 15 is 0 Å². The second-order valence-electron chi connectivity index (χ2n) is 6.90. The topological polar surface area (TPSA) is 77.5 Å². The molecule has 6 nitrogen and oxygen atoms in total. The molecule has 3 heterocycles. The largest absolute Gasteiger partial charge is 0.497 e. The quantitative estimate of drug-likeness (QED) is 0.271. The third-order valence-electron chi connectivity index (χ3n) is 4.78. The fourth-order valence-electron chi connectivity index (χ4n) is 3.16. The molecule has 2 aromatic carbocycles. The zero-order chi connectivity index (χ0) is 21.9. The maximum atomic E-state index is 12.7. The number of nitrogens with zero attached hydrogens (tertiary/aromatic N) is 1. The number of thioether (sulfide) groups is 1. The first-order valence-electron chi connectivity index (χ1n) is 9.78. The zero-order valence-electron chi connectivity index (χ0n) is 17.0. The molecule has 32 heavy (non-hydrogen) atoms. The molecule has 1 N–H and O–H groups in total. The number of furan rings is 2. The molecular formula is C24H18N2O4S2. The van der Waals surface area contributed by atoms with Gasteiger partial charge in [-0.3, -0.25) is 10.1 Å². The molecule has 0 unspecified atom stereocenters. The summed E-state index contributed by atoms with van der Waals surface area (Å²) in [5.74, 6) is 2.35. The van der Waals surface area contributed by atoms with E-state index < -0.39 is 0 Å². The van der Waals surface area contributed by atoms with Crippen molar-refractivity contribution in [1.29, 1.82) is 0 Å². The van der Waals surface area contributed by atoms with E-state index in [0.29, 0.717) is 10.7 Å². The van der Waals surface area contributed by atoms with E-state index in [9.17, 15) is 4.79 Å². The van der Waals surface area contributed by atoms with E-state index in [1.54, 1.807) is 31.2 Å². The first kappa shape index (κ1) is 20.4. The fraction of sp³-hybridized carbons (Fsp3) is 0.0833. The Bertz CT molecular complexity index is 1350. The second kappa shape index (κ2) is 8.94. The molecule has 160 valence electrons. The second-order valence-corrected chi connectivity index (χ2v) is 8.81. The Morgan fingerprint density at radius 2 is 2.03 bits per heavy atom. The van der Waals surface area contributed by atoms with Gasteiger partial charge in [0.05, 0.1) is 24.8 Å². The Morgan fingerprint density at radius 1 is 1.16 bits per heavy atom. The summed E-state index contributed by atoms with van der Waals surface area (Å²) in [5, 5.41) is 6.11. The van der Waals surface area contributed by atoms with Gasteiger partial charge in [-0.1, -0.05) is 0 Å². The predicted octanol–water partition coefficient (Wildman–Crippen LogP) is 6.70. The van der Waals surface area contributed by atoms with E-state index in [0.717, 1.165) is 38.8 Å². The Kier molecular flexibility index (Phi) is 5.70. The molecule has 3 aromatic heterocycles. The summed E-state index contributed by atoms with van der Waals surface area (Å²) >= 11 is 3.03. The van der Waals surface area contributed by atoms with Crippen molar-refractivity contribution in [3.8, 4) is 17.0 Å². The SMILES string of the molecule is COc1ccc(-c2csc(NC(=O)c3cc4cc(SCc5ccco5)ccc4o3)n2)cc1. The van der Waals surface area contributed by atoms with Gasteiger partial charge in [-0.15, -0.1) is 23.1 Å². The summed E-state index contributed by atoms with van der Waals surface area (Å²) in [7, 11) is 1.63. The molecule has 8 heteroatoms. The highest BCUT2D eigenvalue weighted by molar-refractivity contribution is 7.98. The number of hydrogen-bond acceptors (Lipinski definition) is 7. The number of ether oxygens (including phenoxy) is 1. The molecule has 0 atom stereocenters. The lowest BCUT2D eigenvalue weighted by atomic mass is 10.2. The highest BCUT2D eigenvalue weighted by atomic mass is 32.2. The van der Waals surface area contributed by atoms with Crippen molar-refractivity contribution in [2.45, 2.75) is 10.6 Å². The van der Waals surface area contributed by atoms with Crippen LogP contribution in [0, 0.1) is 0 Å². The van der Waals surface area contributed by atoms with Crippen molar-refractivity contribution >= 4 is 45.1 Å². The number of hydrogen-bond donors (Lipinski definition) is 1. The molecule has 0 aliphatic rings. The number of nitrogens with one attached hydrogen (secondary N) is 1. The van der Waals surface area contributed by atoms with Crippen LogP contribution in [0.2, 0.25) is 0 Å². The number of carbonyl (C=O) groups is 1. The number of fused-ring (bicyclic) bond motifs is 1. The van der Waals surface area contributed by atoms with Crippen LogP contribution in [0.25, 0.3) is 22.2 Å². The third kappa shape index (κ3) is 4.42. The van der Waals surface area contributed by atoms with Crippen molar-refractivity contribution in [1.82, 2.24) is 4.98 Å². The van der Waals surface area contributed by atoms with Gasteiger partial charge in [0.2, 0.25) is 0 Å². The Balaban J connectivity index is 1.27. The summed E-state index contributed by atoms with van der Waals surface area (Å²) in [5.41, 5.74) is 2.40. The smallest absolute Gasteiger partial charge is 0.293 e. The molecule has 1 amide bonds. The van der Waals surface area contributed by atoms with Crippen molar-refractivity contribution in [3.63, 3.8) is 0 Å². The van der Waals surface area contributed by atoms with Crippen LogP contribution in [-0.4, -0.2) is 18.0 Å². The van der Waals surface area contributed by atoms with Crippen LogP contribution < -0.4 is 10.1 Å². The lowest BCUT2D eigenvalue weighted by molar-refractivity contribution is 0.0998. The number of amides is 1. The predicted molar refractivity (Wildman–Crippen MR) is 127 cm³/mol. The Labute approximate surface area is 192 Å². The molecule has 5 aromatic rings. The fourth-order valence-corrected chi connectivity index (χ4v) is 4.72. The van der Waals surface area contributed by atoms with Gasteiger partial charge in [0, 0.05) is 21.2 Å². The minimum atomic E-state index is -0.332. The van der Waals surface area contributed by atoms with Crippen molar-refractivity contribution in [3.05, 3.63) is 83.8 Å². The number of thiazole rings is 1.